The molecule has 0 radical (unpaired) electrons. The van der Waals surface area contributed by atoms with Crippen LogP contribution in [0.3, 0.4) is 0 Å². The molecule has 2 N–H and O–H groups in total. The van der Waals surface area contributed by atoms with E-state index in [0.29, 0.717) is 6.61 Å². The number of nitrogens with two attached hydrogens (primary N) is 1. The summed E-state index contributed by atoms with van der Waals surface area (Å²) in [5, 5.41) is 0. The zero-order chi connectivity index (χ0) is 11.4. The van der Waals surface area contributed by atoms with Crippen molar-refractivity contribution in [3.05, 3.63) is 41.7 Å². The molecule has 0 fully saturated rings. The third-order valence-corrected chi connectivity index (χ3v) is 2.57. The molecular formula is C13H17NO2. The second kappa shape index (κ2) is 5.03. The van der Waals surface area contributed by atoms with Gasteiger partial charge in [-0.1, -0.05) is 12.1 Å². The molecule has 3 nitrogen and oxygen atoms in total. The molecule has 3 heteroatoms. The molecule has 0 bridgehead atoms. The first kappa shape index (κ1) is 11.0. The molecule has 0 aromatic heterocycles. The van der Waals surface area contributed by atoms with Crippen molar-refractivity contribution in [2.24, 2.45) is 5.73 Å². The molecule has 2 rings (SSSR count). The molecular weight excluding hydrogens is 202 g/mol. The lowest BCUT2D eigenvalue weighted by Crippen LogP contribution is -2.13. The van der Waals surface area contributed by atoms with E-state index in [1.54, 1.807) is 0 Å². The Hall–Kier alpha value is -1.48. The van der Waals surface area contributed by atoms with Crippen LogP contribution in [0.15, 0.2) is 36.1 Å². The van der Waals surface area contributed by atoms with E-state index < -0.39 is 0 Å². The van der Waals surface area contributed by atoms with Gasteiger partial charge in [-0.05, 0) is 30.7 Å². The third-order valence-electron chi connectivity index (χ3n) is 2.57. The number of hydrogen-bond donors (Lipinski definition) is 1. The Morgan fingerprint density at radius 2 is 2.38 bits per heavy atom. The maximum absolute atomic E-state index is 6.12. The highest BCUT2D eigenvalue weighted by atomic mass is 16.5. The van der Waals surface area contributed by atoms with Gasteiger partial charge in [0.15, 0.2) is 0 Å². The fourth-order valence-corrected chi connectivity index (χ4v) is 1.78. The second-order valence-corrected chi connectivity index (χ2v) is 3.73. The SMILES string of the molecule is CCOc1cccc(C(N)C2=CCCO2)c1. The highest BCUT2D eigenvalue weighted by Crippen LogP contribution is 2.26. The van der Waals surface area contributed by atoms with Crippen molar-refractivity contribution in [2.45, 2.75) is 19.4 Å². The van der Waals surface area contributed by atoms with Gasteiger partial charge in [-0.15, -0.1) is 0 Å². The lowest BCUT2D eigenvalue weighted by molar-refractivity contribution is 0.225. The fraction of sp³-hybridized carbons (Fsp3) is 0.385. The van der Waals surface area contributed by atoms with Crippen molar-refractivity contribution in [1.29, 1.82) is 0 Å². The summed E-state index contributed by atoms with van der Waals surface area (Å²) in [6.07, 6.45) is 3.01. The molecule has 16 heavy (non-hydrogen) atoms. The van der Waals surface area contributed by atoms with Crippen LogP contribution in [-0.2, 0) is 4.74 Å². The average molecular weight is 219 g/mol. The molecule has 1 unspecified atom stereocenters. The van der Waals surface area contributed by atoms with Crippen molar-refractivity contribution >= 4 is 0 Å². The fourth-order valence-electron chi connectivity index (χ4n) is 1.78. The maximum Gasteiger partial charge on any atom is 0.119 e. The van der Waals surface area contributed by atoms with E-state index in [1.807, 2.05) is 31.2 Å². The van der Waals surface area contributed by atoms with Crippen LogP contribution in [0.5, 0.6) is 5.75 Å². The van der Waals surface area contributed by atoms with Gasteiger partial charge >= 0.3 is 0 Å². The normalized spacial score (nSPS) is 16.5. The quantitative estimate of drug-likeness (QED) is 0.845. The first-order chi connectivity index (χ1) is 7.81. The van der Waals surface area contributed by atoms with Crippen LogP contribution in [0, 0.1) is 0 Å². The van der Waals surface area contributed by atoms with E-state index in [-0.39, 0.29) is 6.04 Å². The van der Waals surface area contributed by atoms with Crippen LogP contribution in [0.25, 0.3) is 0 Å². The maximum atomic E-state index is 6.12. The van der Waals surface area contributed by atoms with E-state index in [1.165, 1.54) is 0 Å². The smallest absolute Gasteiger partial charge is 0.119 e. The average Bonchev–Trinajstić information content (AvgIpc) is 2.82. The van der Waals surface area contributed by atoms with Crippen LogP contribution < -0.4 is 10.5 Å². The number of hydrogen-bond acceptors (Lipinski definition) is 3. The second-order valence-electron chi connectivity index (χ2n) is 3.73. The summed E-state index contributed by atoms with van der Waals surface area (Å²) < 4.78 is 10.9. The lowest BCUT2D eigenvalue weighted by Gasteiger charge is -2.14. The standard InChI is InChI=1S/C13H17NO2/c1-2-15-11-6-3-5-10(9-11)13(14)12-7-4-8-16-12/h3,5-7,9,13H,2,4,8,14H2,1H3. The number of ether oxygens (including phenoxy) is 2. The van der Waals surface area contributed by atoms with Crippen molar-refractivity contribution in [1.82, 2.24) is 0 Å². The van der Waals surface area contributed by atoms with Gasteiger partial charge in [0.1, 0.15) is 11.5 Å². The highest BCUT2D eigenvalue weighted by Gasteiger charge is 2.16. The zero-order valence-electron chi connectivity index (χ0n) is 9.48. The molecule has 0 amide bonds. The van der Waals surface area contributed by atoms with Gasteiger partial charge in [0, 0.05) is 6.42 Å². The minimum absolute atomic E-state index is 0.178. The van der Waals surface area contributed by atoms with Crippen molar-refractivity contribution in [3.63, 3.8) is 0 Å². The largest absolute Gasteiger partial charge is 0.496 e. The molecule has 1 atom stereocenters. The molecule has 1 aliphatic heterocycles. The summed E-state index contributed by atoms with van der Waals surface area (Å²) >= 11 is 0. The molecule has 0 saturated carbocycles. The Bertz CT molecular complexity index is 387. The molecule has 1 aromatic carbocycles. The van der Waals surface area contributed by atoms with Gasteiger partial charge in [-0.3, -0.25) is 0 Å². The first-order valence-electron chi connectivity index (χ1n) is 5.62. The van der Waals surface area contributed by atoms with E-state index >= 15 is 0 Å². The Morgan fingerprint density at radius 1 is 1.50 bits per heavy atom. The van der Waals surface area contributed by atoms with E-state index in [9.17, 15) is 0 Å². The zero-order valence-corrected chi connectivity index (χ0v) is 9.48. The van der Waals surface area contributed by atoms with E-state index in [4.69, 9.17) is 15.2 Å². The monoisotopic (exact) mass is 219 g/mol. The van der Waals surface area contributed by atoms with Gasteiger partial charge in [0.25, 0.3) is 0 Å². The van der Waals surface area contributed by atoms with E-state index in [0.717, 1.165) is 30.1 Å². The predicted octanol–water partition coefficient (Wildman–Crippen LogP) is 2.39. The van der Waals surface area contributed by atoms with Crippen LogP contribution >= 0.6 is 0 Å². The van der Waals surface area contributed by atoms with Crippen molar-refractivity contribution in [2.75, 3.05) is 13.2 Å². The van der Waals surface area contributed by atoms with Crippen LogP contribution in [0.2, 0.25) is 0 Å². The molecule has 86 valence electrons. The first-order valence-corrected chi connectivity index (χ1v) is 5.62. The Kier molecular flexibility index (Phi) is 3.47. The summed E-state index contributed by atoms with van der Waals surface area (Å²) in [5.41, 5.74) is 7.14. The van der Waals surface area contributed by atoms with Gasteiger partial charge in [-0.25, -0.2) is 0 Å². The van der Waals surface area contributed by atoms with Gasteiger partial charge < -0.3 is 15.2 Å². The molecule has 0 saturated heterocycles. The van der Waals surface area contributed by atoms with Crippen LogP contribution in [0.1, 0.15) is 24.9 Å². The van der Waals surface area contributed by atoms with E-state index in [2.05, 4.69) is 6.08 Å². The number of rotatable bonds is 4. The van der Waals surface area contributed by atoms with Crippen LogP contribution in [-0.4, -0.2) is 13.2 Å². The third kappa shape index (κ3) is 2.36. The molecule has 1 aromatic rings. The summed E-state index contributed by atoms with van der Waals surface area (Å²) in [7, 11) is 0. The number of benzene rings is 1. The molecule has 0 spiro atoms. The molecule has 0 aliphatic carbocycles. The van der Waals surface area contributed by atoms with Crippen molar-refractivity contribution < 1.29 is 9.47 Å². The minimum Gasteiger partial charge on any atom is -0.496 e. The van der Waals surface area contributed by atoms with Gasteiger partial charge in [-0.2, -0.15) is 0 Å². The van der Waals surface area contributed by atoms with Crippen molar-refractivity contribution in [3.8, 4) is 5.75 Å². The van der Waals surface area contributed by atoms with Crippen LogP contribution in [0.4, 0.5) is 0 Å². The predicted molar refractivity (Wildman–Crippen MR) is 63.2 cm³/mol. The summed E-state index contributed by atoms with van der Waals surface area (Å²) in [4.78, 5) is 0. The summed E-state index contributed by atoms with van der Waals surface area (Å²) in [5.74, 6) is 1.72. The Balaban J connectivity index is 2.15. The highest BCUT2D eigenvalue weighted by molar-refractivity contribution is 5.33. The summed E-state index contributed by atoms with van der Waals surface area (Å²) in [6, 6.07) is 7.68. The molecule has 1 heterocycles. The van der Waals surface area contributed by atoms with Gasteiger partial charge in [0.2, 0.25) is 0 Å². The summed E-state index contributed by atoms with van der Waals surface area (Å²) in [6.45, 7) is 3.38. The topological polar surface area (TPSA) is 44.5 Å². The van der Waals surface area contributed by atoms with Gasteiger partial charge in [0.05, 0.1) is 19.3 Å². The molecule has 1 aliphatic rings. The minimum atomic E-state index is -0.178. The lowest BCUT2D eigenvalue weighted by atomic mass is 10.1. The Morgan fingerprint density at radius 3 is 3.06 bits per heavy atom. The Labute approximate surface area is 95.9 Å².